The Kier molecular flexibility index (Phi) is 7.34. The second-order valence-electron chi connectivity index (χ2n) is 13.0. The maximum atomic E-state index is 15.4. The smallest absolute Gasteiger partial charge is 0.423 e. The second kappa shape index (κ2) is 11.1. The number of anilines is 2. The molecule has 1 saturated heterocycles. The number of nitrogens with zero attached hydrogens (tertiary/aromatic N) is 4. The molecule has 7 rings (SSSR count). The first-order valence-corrected chi connectivity index (χ1v) is 15.5. The minimum absolute atomic E-state index is 0.0178. The molecule has 2 aromatic carbocycles. The fourth-order valence-corrected chi connectivity index (χ4v) is 7.23. The molecule has 2 aliphatic carbocycles. The number of fused-ring (bicyclic) bond motifs is 2. The molecule has 4 aliphatic rings. The molecule has 2 amide bonds. The zero-order valence-corrected chi connectivity index (χ0v) is 26.1. The number of halogens is 4. The molecule has 0 bridgehead atoms. The van der Waals surface area contributed by atoms with Crippen molar-refractivity contribution in [1.82, 2.24) is 25.1 Å². The molecule has 1 aromatic heterocycles. The molecule has 248 valence electrons. The minimum Gasteiger partial charge on any atom is -0.495 e. The largest absolute Gasteiger partial charge is 0.495 e. The fourth-order valence-electron chi connectivity index (χ4n) is 7.23. The van der Waals surface area contributed by atoms with E-state index in [1.807, 2.05) is 0 Å². The predicted molar refractivity (Wildman–Crippen MR) is 162 cm³/mol. The number of rotatable bonds is 7. The first-order chi connectivity index (χ1) is 22.3. The number of piperidine rings is 1. The van der Waals surface area contributed by atoms with Gasteiger partial charge in [-0.25, -0.2) is 9.37 Å². The lowest BCUT2D eigenvalue weighted by Crippen LogP contribution is -2.58. The van der Waals surface area contributed by atoms with Crippen molar-refractivity contribution in [2.45, 2.75) is 56.3 Å². The van der Waals surface area contributed by atoms with Crippen LogP contribution in [-0.4, -0.2) is 71.9 Å². The minimum atomic E-state index is -4.88. The number of aromatic nitrogens is 2. The van der Waals surface area contributed by atoms with Crippen LogP contribution in [0.3, 0.4) is 0 Å². The summed E-state index contributed by atoms with van der Waals surface area (Å²) in [7, 11) is 5.05. The van der Waals surface area contributed by atoms with Crippen molar-refractivity contribution in [2.24, 2.45) is 5.41 Å². The molecule has 2 N–H and O–H groups in total. The molecule has 3 fully saturated rings. The van der Waals surface area contributed by atoms with E-state index in [4.69, 9.17) is 9.47 Å². The average Bonchev–Trinajstić information content (AvgIpc) is 3.81. The maximum absolute atomic E-state index is 15.4. The molecule has 2 aliphatic heterocycles. The van der Waals surface area contributed by atoms with Gasteiger partial charge in [-0.15, -0.1) is 0 Å². The number of alkyl halides is 3. The van der Waals surface area contributed by atoms with Gasteiger partial charge in [0.25, 0.3) is 11.8 Å². The van der Waals surface area contributed by atoms with Crippen molar-refractivity contribution in [3.63, 3.8) is 0 Å². The van der Waals surface area contributed by atoms with Crippen LogP contribution in [0.1, 0.15) is 70.4 Å². The van der Waals surface area contributed by atoms with Gasteiger partial charge in [0.1, 0.15) is 22.9 Å². The Bertz CT molecular complexity index is 1770. The SMILES string of the molecule is COc1cc(C(=O)NC2CCC23CCN(C)CC3)c(F)cc1Nc1ncc(C(F)(F)F)c(Oc2cccc3c2C(=O)N(C)C32CC2)n1. The van der Waals surface area contributed by atoms with Crippen molar-refractivity contribution in [3.05, 3.63) is 64.6 Å². The van der Waals surface area contributed by atoms with E-state index in [1.54, 1.807) is 24.1 Å². The number of nitrogens with one attached hydrogen (secondary N) is 2. The third-order valence-corrected chi connectivity index (χ3v) is 10.4. The summed E-state index contributed by atoms with van der Waals surface area (Å²) in [4.78, 5) is 37.9. The molecular weight excluding hydrogens is 620 g/mol. The van der Waals surface area contributed by atoms with Gasteiger partial charge in [0.05, 0.1) is 29.5 Å². The zero-order valence-electron chi connectivity index (χ0n) is 26.1. The zero-order chi connectivity index (χ0) is 33.3. The Morgan fingerprint density at radius 3 is 2.45 bits per heavy atom. The third kappa shape index (κ3) is 5.22. The number of methoxy groups -OCH3 is 1. The van der Waals surface area contributed by atoms with Crippen LogP contribution in [-0.2, 0) is 11.7 Å². The van der Waals surface area contributed by atoms with E-state index < -0.39 is 34.9 Å². The summed E-state index contributed by atoms with van der Waals surface area (Å²) in [5.74, 6) is -2.98. The molecule has 1 atom stereocenters. The molecule has 1 unspecified atom stereocenters. The first-order valence-electron chi connectivity index (χ1n) is 15.5. The molecule has 0 radical (unpaired) electrons. The number of ether oxygens (including phenoxy) is 2. The molecular formula is C33H34F4N6O4. The van der Waals surface area contributed by atoms with Gasteiger partial charge in [-0.2, -0.15) is 18.2 Å². The van der Waals surface area contributed by atoms with Crippen LogP contribution in [0.25, 0.3) is 0 Å². The van der Waals surface area contributed by atoms with Gasteiger partial charge >= 0.3 is 6.18 Å². The summed E-state index contributed by atoms with van der Waals surface area (Å²) < 4.78 is 68.6. The Morgan fingerprint density at radius 2 is 1.81 bits per heavy atom. The molecule has 3 aromatic rings. The fraction of sp³-hybridized carbons (Fsp3) is 0.455. The molecule has 10 nitrogen and oxygen atoms in total. The molecule has 14 heteroatoms. The highest BCUT2D eigenvalue weighted by Gasteiger charge is 2.57. The number of carbonyl (C=O) groups is 2. The van der Waals surface area contributed by atoms with Crippen molar-refractivity contribution in [3.8, 4) is 17.4 Å². The Morgan fingerprint density at radius 1 is 1.06 bits per heavy atom. The van der Waals surface area contributed by atoms with E-state index in [0.29, 0.717) is 11.8 Å². The van der Waals surface area contributed by atoms with Crippen LogP contribution in [0.5, 0.6) is 17.4 Å². The van der Waals surface area contributed by atoms with Crippen molar-refractivity contribution < 1.29 is 36.6 Å². The Balaban J connectivity index is 1.15. The van der Waals surface area contributed by atoms with Crippen molar-refractivity contribution in [1.29, 1.82) is 0 Å². The van der Waals surface area contributed by atoms with Crippen molar-refractivity contribution in [2.75, 3.05) is 39.6 Å². The summed E-state index contributed by atoms with van der Waals surface area (Å²) in [5, 5.41) is 5.70. The lowest BCUT2D eigenvalue weighted by molar-refractivity contribution is -0.139. The quantitative estimate of drug-likeness (QED) is 0.305. The van der Waals surface area contributed by atoms with Gasteiger partial charge in [-0.3, -0.25) is 9.59 Å². The molecule has 2 spiro atoms. The predicted octanol–water partition coefficient (Wildman–Crippen LogP) is 5.86. The number of amides is 2. The Hall–Kier alpha value is -4.46. The molecule has 47 heavy (non-hydrogen) atoms. The van der Waals surface area contributed by atoms with E-state index in [2.05, 4.69) is 32.5 Å². The topological polar surface area (TPSA) is 109 Å². The van der Waals surface area contributed by atoms with Crippen LogP contribution >= 0.6 is 0 Å². The van der Waals surface area contributed by atoms with Gasteiger partial charge in [0.15, 0.2) is 0 Å². The normalized spacial score (nSPS) is 21.0. The summed E-state index contributed by atoms with van der Waals surface area (Å²) in [6, 6.07) is 7.01. The lowest BCUT2D eigenvalue weighted by Gasteiger charge is -2.53. The van der Waals surface area contributed by atoms with E-state index in [1.165, 1.54) is 19.2 Å². The van der Waals surface area contributed by atoms with Crippen LogP contribution in [0, 0.1) is 11.2 Å². The summed E-state index contributed by atoms with van der Waals surface area (Å²) in [5.41, 5.74) is -1.05. The molecule has 3 heterocycles. The highest BCUT2D eigenvalue weighted by atomic mass is 19.4. The second-order valence-corrected chi connectivity index (χ2v) is 13.0. The monoisotopic (exact) mass is 654 g/mol. The number of hydrogen-bond donors (Lipinski definition) is 2. The summed E-state index contributed by atoms with van der Waals surface area (Å²) in [6.07, 6.45) is 0.924. The standard InChI is InChI=1S/C33H34F4N6O4/c1-42-13-11-31(12-14-42)8-7-25(31)40-27(44)18-15-24(46-3)22(16-21(18)34)39-30-38-17-20(33(35,36)37)28(41-30)47-23-6-4-5-19-26(23)29(45)43(2)32(19)9-10-32/h4-6,15-17,25H,7-14H2,1-3H3,(H,40,44)(H,38,39,41). The maximum Gasteiger partial charge on any atom is 0.423 e. The Labute approximate surface area is 268 Å². The van der Waals surface area contributed by atoms with E-state index in [0.717, 1.165) is 57.7 Å². The molecule has 2 saturated carbocycles. The average molecular weight is 655 g/mol. The van der Waals surface area contributed by atoms with Crippen LogP contribution in [0.15, 0.2) is 36.5 Å². The number of benzene rings is 2. The van der Waals surface area contributed by atoms with Gasteiger partial charge in [0, 0.05) is 25.4 Å². The van der Waals surface area contributed by atoms with Crippen LogP contribution in [0.4, 0.5) is 29.2 Å². The third-order valence-electron chi connectivity index (χ3n) is 10.4. The number of likely N-dealkylation sites (tertiary alicyclic amines) is 1. The van der Waals surface area contributed by atoms with Gasteiger partial charge in [-0.05, 0) is 81.8 Å². The van der Waals surface area contributed by atoms with E-state index in [9.17, 15) is 22.8 Å². The lowest BCUT2D eigenvalue weighted by atomic mass is 9.59. The highest BCUT2D eigenvalue weighted by Crippen LogP contribution is 2.57. The van der Waals surface area contributed by atoms with Crippen molar-refractivity contribution >= 4 is 23.5 Å². The van der Waals surface area contributed by atoms with Gasteiger partial charge in [0.2, 0.25) is 11.8 Å². The highest BCUT2D eigenvalue weighted by molar-refractivity contribution is 6.03. The summed E-state index contributed by atoms with van der Waals surface area (Å²) in [6.45, 7) is 1.88. The van der Waals surface area contributed by atoms with E-state index in [-0.39, 0.29) is 51.6 Å². The van der Waals surface area contributed by atoms with E-state index >= 15 is 4.39 Å². The van der Waals surface area contributed by atoms with Crippen LogP contribution in [0.2, 0.25) is 0 Å². The number of carbonyl (C=O) groups excluding carboxylic acids is 2. The van der Waals surface area contributed by atoms with Gasteiger partial charge < -0.3 is 29.9 Å². The first kappa shape index (κ1) is 31.2. The number of hydrogen-bond acceptors (Lipinski definition) is 8. The van der Waals surface area contributed by atoms with Gasteiger partial charge in [-0.1, -0.05) is 12.1 Å². The summed E-state index contributed by atoms with van der Waals surface area (Å²) >= 11 is 0. The van der Waals surface area contributed by atoms with Crippen LogP contribution < -0.4 is 20.1 Å².